The Balaban J connectivity index is 1.67. The second-order valence-corrected chi connectivity index (χ2v) is 6.28. The average Bonchev–Trinajstić information content (AvgIpc) is 2.93. The Morgan fingerprint density at radius 1 is 1.00 bits per heavy atom. The van der Waals surface area contributed by atoms with Gasteiger partial charge in [-0.15, -0.1) is 0 Å². The smallest absolute Gasteiger partial charge is 0.256 e. The van der Waals surface area contributed by atoms with Crippen LogP contribution in [0.15, 0.2) is 67.0 Å². The number of carbonyl (C=O) groups excluding carboxylic acids is 1. The molecule has 0 aliphatic carbocycles. The Morgan fingerprint density at radius 2 is 1.75 bits per heavy atom. The predicted octanol–water partition coefficient (Wildman–Crippen LogP) is 4.56. The van der Waals surface area contributed by atoms with Crippen molar-refractivity contribution in [2.45, 2.75) is 13.1 Å². The molecule has 0 N–H and O–H groups in total. The van der Waals surface area contributed by atoms with Crippen molar-refractivity contribution in [3.05, 3.63) is 88.7 Å². The van der Waals surface area contributed by atoms with Crippen LogP contribution in [-0.2, 0) is 13.1 Å². The van der Waals surface area contributed by atoms with Gasteiger partial charge in [-0.3, -0.25) is 9.78 Å². The topological polar surface area (TPSA) is 33.2 Å². The van der Waals surface area contributed by atoms with Gasteiger partial charge in [0.15, 0.2) is 0 Å². The molecule has 2 heterocycles. The first kappa shape index (κ1) is 14.9. The zero-order valence-electron chi connectivity index (χ0n) is 12.9. The molecule has 0 radical (unpaired) electrons. The standard InChI is InChI=1S/C20H15ClN2O/c21-18-11-16(15-6-8-22-9-7-15)10-17-13-23(20(24)19(17)18)12-14-4-2-1-3-5-14/h1-11H,12-13H2. The van der Waals surface area contributed by atoms with E-state index in [1.165, 1.54) is 0 Å². The van der Waals surface area contributed by atoms with E-state index < -0.39 is 0 Å². The molecule has 0 saturated carbocycles. The quantitative estimate of drug-likeness (QED) is 0.703. The number of benzene rings is 2. The molecule has 118 valence electrons. The summed E-state index contributed by atoms with van der Waals surface area (Å²) in [7, 11) is 0. The van der Waals surface area contributed by atoms with Gasteiger partial charge < -0.3 is 4.90 Å². The lowest BCUT2D eigenvalue weighted by Crippen LogP contribution is -2.23. The average molecular weight is 335 g/mol. The SMILES string of the molecule is O=C1c2c(Cl)cc(-c3ccncc3)cc2CN1Cc1ccccc1. The summed E-state index contributed by atoms with van der Waals surface area (Å²) >= 11 is 6.42. The third-order valence-corrected chi connectivity index (χ3v) is 4.56. The minimum Gasteiger partial charge on any atom is -0.330 e. The Labute approximate surface area is 145 Å². The molecule has 0 spiro atoms. The van der Waals surface area contributed by atoms with Crippen molar-refractivity contribution in [1.29, 1.82) is 0 Å². The number of hydrogen-bond donors (Lipinski definition) is 0. The highest BCUT2D eigenvalue weighted by Crippen LogP contribution is 2.34. The number of halogens is 1. The van der Waals surface area contributed by atoms with Gasteiger partial charge in [-0.25, -0.2) is 0 Å². The molecule has 1 aromatic heterocycles. The van der Waals surface area contributed by atoms with Gasteiger partial charge in [-0.2, -0.15) is 0 Å². The summed E-state index contributed by atoms with van der Waals surface area (Å²) in [6, 6.07) is 17.8. The molecule has 4 heteroatoms. The summed E-state index contributed by atoms with van der Waals surface area (Å²) in [6.45, 7) is 1.18. The Kier molecular flexibility index (Phi) is 3.79. The van der Waals surface area contributed by atoms with E-state index in [-0.39, 0.29) is 5.91 Å². The summed E-state index contributed by atoms with van der Waals surface area (Å²) in [5, 5.41) is 0.514. The second-order valence-electron chi connectivity index (χ2n) is 5.87. The van der Waals surface area contributed by atoms with Gasteiger partial charge in [0, 0.05) is 25.5 Å². The van der Waals surface area contributed by atoms with E-state index in [1.54, 1.807) is 12.4 Å². The maximum Gasteiger partial charge on any atom is 0.256 e. The zero-order chi connectivity index (χ0) is 16.5. The first-order valence-corrected chi connectivity index (χ1v) is 8.16. The molecule has 3 nitrogen and oxygen atoms in total. The van der Waals surface area contributed by atoms with E-state index in [9.17, 15) is 4.79 Å². The van der Waals surface area contributed by atoms with Crippen LogP contribution in [0.1, 0.15) is 21.5 Å². The number of carbonyl (C=O) groups is 1. The maximum absolute atomic E-state index is 12.7. The van der Waals surface area contributed by atoms with Gasteiger partial charge in [0.25, 0.3) is 5.91 Å². The molecule has 1 aliphatic heterocycles. The molecule has 1 aliphatic rings. The number of nitrogens with zero attached hydrogens (tertiary/aromatic N) is 2. The highest BCUT2D eigenvalue weighted by atomic mass is 35.5. The van der Waals surface area contributed by atoms with E-state index in [4.69, 9.17) is 11.6 Å². The summed E-state index contributed by atoms with van der Waals surface area (Å²) in [6.07, 6.45) is 3.51. The Bertz CT molecular complexity index is 894. The van der Waals surface area contributed by atoms with E-state index in [0.717, 1.165) is 22.3 Å². The van der Waals surface area contributed by atoms with E-state index in [0.29, 0.717) is 23.7 Å². The number of aromatic nitrogens is 1. The summed E-state index contributed by atoms with van der Waals surface area (Å²) < 4.78 is 0. The lowest BCUT2D eigenvalue weighted by molar-refractivity contribution is 0.0767. The number of amides is 1. The van der Waals surface area contributed by atoms with E-state index in [1.807, 2.05) is 53.4 Å². The Morgan fingerprint density at radius 3 is 2.50 bits per heavy atom. The Hall–Kier alpha value is -2.65. The molecule has 4 rings (SSSR count). The number of rotatable bonds is 3. The highest BCUT2D eigenvalue weighted by Gasteiger charge is 2.30. The van der Waals surface area contributed by atoms with Crippen molar-refractivity contribution in [3.63, 3.8) is 0 Å². The highest BCUT2D eigenvalue weighted by molar-refractivity contribution is 6.34. The molecule has 24 heavy (non-hydrogen) atoms. The van der Waals surface area contributed by atoms with Crippen LogP contribution in [-0.4, -0.2) is 15.8 Å². The largest absolute Gasteiger partial charge is 0.330 e. The van der Waals surface area contributed by atoms with Crippen molar-refractivity contribution in [2.75, 3.05) is 0 Å². The number of fused-ring (bicyclic) bond motifs is 1. The summed E-state index contributed by atoms with van der Waals surface area (Å²) in [5.41, 5.74) is 4.78. The molecule has 1 amide bonds. The minimum atomic E-state index is 0.000122. The molecule has 2 aromatic carbocycles. The molecule has 0 bridgehead atoms. The third kappa shape index (κ3) is 2.68. The fourth-order valence-electron chi connectivity index (χ4n) is 3.11. The second kappa shape index (κ2) is 6.10. The molecular weight excluding hydrogens is 320 g/mol. The lowest BCUT2D eigenvalue weighted by atomic mass is 10.0. The molecular formula is C20H15ClN2O. The van der Waals surface area contributed by atoms with Crippen molar-refractivity contribution in [1.82, 2.24) is 9.88 Å². The van der Waals surface area contributed by atoms with Crippen molar-refractivity contribution in [2.24, 2.45) is 0 Å². The van der Waals surface area contributed by atoms with Crippen molar-refractivity contribution >= 4 is 17.5 Å². The van der Waals surface area contributed by atoms with Crippen LogP contribution in [0.5, 0.6) is 0 Å². The zero-order valence-corrected chi connectivity index (χ0v) is 13.7. The van der Waals surface area contributed by atoms with Gasteiger partial charge in [0.2, 0.25) is 0 Å². The molecule has 3 aromatic rings. The first-order valence-electron chi connectivity index (χ1n) is 7.78. The van der Waals surface area contributed by atoms with Crippen LogP contribution < -0.4 is 0 Å². The van der Waals surface area contributed by atoms with Crippen LogP contribution in [0.4, 0.5) is 0 Å². The van der Waals surface area contributed by atoms with Crippen LogP contribution in [0.2, 0.25) is 5.02 Å². The van der Waals surface area contributed by atoms with Gasteiger partial charge in [-0.1, -0.05) is 41.9 Å². The normalized spacial score (nSPS) is 13.2. The molecule has 0 fully saturated rings. The van der Waals surface area contributed by atoms with Gasteiger partial charge in [0.1, 0.15) is 0 Å². The number of pyridine rings is 1. The third-order valence-electron chi connectivity index (χ3n) is 4.26. The minimum absolute atomic E-state index is 0.000122. The van der Waals surface area contributed by atoms with Crippen molar-refractivity contribution < 1.29 is 4.79 Å². The van der Waals surface area contributed by atoms with Gasteiger partial charge in [-0.05, 0) is 46.5 Å². The summed E-state index contributed by atoms with van der Waals surface area (Å²) in [5.74, 6) is 0.000122. The van der Waals surface area contributed by atoms with Crippen LogP contribution in [0.3, 0.4) is 0 Å². The predicted molar refractivity (Wildman–Crippen MR) is 94.7 cm³/mol. The van der Waals surface area contributed by atoms with Crippen LogP contribution in [0, 0.1) is 0 Å². The number of hydrogen-bond acceptors (Lipinski definition) is 2. The van der Waals surface area contributed by atoms with Crippen LogP contribution >= 0.6 is 11.6 Å². The molecule has 0 unspecified atom stereocenters. The first-order chi connectivity index (χ1) is 11.7. The van der Waals surface area contributed by atoms with Crippen LogP contribution in [0.25, 0.3) is 11.1 Å². The fourth-order valence-corrected chi connectivity index (χ4v) is 3.43. The van der Waals surface area contributed by atoms with E-state index in [2.05, 4.69) is 11.1 Å². The van der Waals surface area contributed by atoms with Gasteiger partial charge in [0.05, 0.1) is 10.6 Å². The van der Waals surface area contributed by atoms with E-state index >= 15 is 0 Å². The maximum atomic E-state index is 12.7. The van der Waals surface area contributed by atoms with Crippen molar-refractivity contribution in [3.8, 4) is 11.1 Å². The monoisotopic (exact) mass is 334 g/mol. The fraction of sp³-hybridized carbons (Fsp3) is 0.100. The lowest BCUT2D eigenvalue weighted by Gasteiger charge is -2.15. The summed E-state index contributed by atoms with van der Waals surface area (Å²) in [4.78, 5) is 18.6. The molecule has 0 saturated heterocycles. The molecule has 0 atom stereocenters. The van der Waals surface area contributed by atoms with Gasteiger partial charge >= 0.3 is 0 Å².